The molecule has 0 aliphatic rings. The Labute approximate surface area is 107 Å². The molecule has 0 radical (unpaired) electrons. The van der Waals surface area contributed by atoms with Gasteiger partial charge >= 0.3 is 5.69 Å². The van der Waals surface area contributed by atoms with Crippen LogP contribution in [0.25, 0.3) is 5.00 Å². The van der Waals surface area contributed by atoms with Gasteiger partial charge in [-0.05, 0) is 20.8 Å². The fourth-order valence-corrected chi connectivity index (χ4v) is 2.65. The molecule has 96 valence electrons. The van der Waals surface area contributed by atoms with Crippen LogP contribution in [-0.2, 0) is 0 Å². The van der Waals surface area contributed by atoms with Gasteiger partial charge in [-0.1, -0.05) is 0 Å². The van der Waals surface area contributed by atoms with Crippen LogP contribution in [0.2, 0.25) is 0 Å². The Morgan fingerprint density at radius 3 is 2.67 bits per heavy atom. The summed E-state index contributed by atoms with van der Waals surface area (Å²) in [4.78, 5) is 15.2. The highest BCUT2D eigenvalue weighted by Gasteiger charge is 2.24. The molecule has 18 heavy (non-hydrogen) atoms. The van der Waals surface area contributed by atoms with Gasteiger partial charge in [0.25, 0.3) is 0 Å². The van der Waals surface area contributed by atoms with Gasteiger partial charge in [0.2, 0.25) is 0 Å². The predicted octanol–water partition coefficient (Wildman–Crippen LogP) is 1.91. The second-order valence-electron chi connectivity index (χ2n) is 3.89. The third-order valence-electron chi connectivity index (χ3n) is 2.39. The molecular weight excluding hydrogens is 256 g/mol. The molecule has 1 unspecified atom stereocenters. The maximum absolute atomic E-state index is 11.0. The molecule has 1 N–H and O–H groups in total. The maximum Gasteiger partial charge on any atom is 0.306 e. The van der Waals surface area contributed by atoms with E-state index in [4.69, 9.17) is 0 Å². The van der Waals surface area contributed by atoms with Crippen molar-refractivity contribution in [3.63, 3.8) is 0 Å². The number of aromatic nitrogens is 3. The van der Waals surface area contributed by atoms with E-state index in [-0.39, 0.29) is 5.69 Å². The summed E-state index contributed by atoms with van der Waals surface area (Å²) in [6.45, 7) is 5.02. The standard InChI is InChI=1S/C10H12N4O3S/c1-5(15)9-4-8(14(16)17)10(18-9)13-7(3)11-6(2)12-13/h4-5,15H,1-3H3. The summed E-state index contributed by atoms with van der Waals surface area (Å²) in [7, 11) is 0. The van der Waals surface area contributed by atoms with Crippen LogP contribution in [0.15, 0.2) is 6.07 Å². The number of rotatable bonds is 3. The average Bonchev–Trinajstić information content (AvgIpc) is 2.81. The van der Waals surface area contributed by atoms with Crippen molar-refractivity contribution in [1.82, 2.24) is 14.8 Å². The minimum absolute atomic E-state index is 0.0658. The lowest BCUT2D eigenvalue weighted by molar-refractivity contribution is -0.384. The van der Waals surface area contributed by atoms with Gasteiger partial charge in [-0.3, -0.25) is 10.1 Å². The SMILES string of the molecule is Cc1nc(C)n(-c2sc(C(C)O)cc2[N+](=O)[O-])n1. The molecule has 2 aromatic heterocycles. The van der Waals surface area contributed by atoms with E-state index in [0.717, 1.165) is 11.3 Å². The zero-order valence-corrected chi connectivity index (χ0v) is 10.9. The fraction of sp³-hybridized carbons (Fsp3) is 0.400. The van der Waals surface area contributed by atoms with Crippen LogP contribution in [0, 0.1) is 24.0 Å². The predicted molar refractivity (Wildman–Crippen MR) is 66.0 cm³/mol. The Hall–Kier alpha value is -1.80. The van der Waals surface area contributed by atoms with Crippen molar-refractivity contribution >= 4 is 17.0 Å². The minimum atomic E-state index is -0.743. The third kappa shape index (κ3) is 2.12. The minimum Gasteiger partial charge on any atom is -0.388 e. The molecule has 0 aliphatic heterocycles. The van der Waals surface area contributed by atoms with E-state index < -0.39 is 11.0 Å². The third-order valence-corrected chi connectivity index (χ3v) is 3.66. The highest BCUT2D eigenvalue weighted by atomic mass is 32.1. The quantitative estimate of drug-likeness (QED) is 0.677. The molecule has 2 rings (SSSR count). The first kappa shape index (κ1) is 12.7. The number of nitrogens with zero attached hydrogens (tertiary/aromatic N) is 4. The Kier molecular flexibility index (Phi) is 3.14. The Bertz CT molecular complexity index is 602. The summed E-state index contributed by atoms with van der Waals surface area (Å²) in [5.41, 5.74) is -0.0658. The molecule has 0 fully saturated rings. The van der Waals surface area contributed by atoms with Gasteiger partial charge in [0.15, 0.2) is 5.00 Å². The van der Waals surface area contributed by atoms with Crippen LogP contribution in [0.5, 0.6) is 0 Å². The fourth-order valence-electron chi connectivity index (χ4n) is 1.59. The molecule has 0 amide bonds. The van der Waals surface area contributed by atoms with Gasteiger partial charge < -0.3 is 5.11 Å². The monoisotopic (exact) mass is 268 g/mol. The molecule has 0 bridgehead atoms. The average molecular weight is 268 g/mol. The summed E-state index contributed by atoms with van der Waals surface area (Å²) in [5, 5.41) is 25.0. The second-order valence-corrected chi connectivity index (χ2v) is 4.95. The molecule has 1 atom stereocenters. The zero-order valence-electron chi connectivity index (χ0n) is 10.1. The first-order chi connectivity index (χ1) is 8.40. The van der Waals surface area contributed by atoms with Gasteiger partial charge in [0.1, 0.15) is 11.6 Å². The van der Waals surface area contributed by atoms with Crippen molar-refractivity contribution < 1.29 is 10.0 Å². The normalized spacial score (nSPS) is 12.7. The van der Waals surface area contributed by atoms with Gasteiger partial charge in [-0.25, -0.2) is 9.67 Å². The molecule has 2 aromatic rings. The highest BCUT2D eigenvalue weighted by molar-refractivity contribution is 7.15. The number of aliphatic hydroxyl groups excluding tert-OH is 1. The molecule has 2 heterocycles. The largest absolute Gasteiger partial charge is 0.388 e. The van der Waals surface area contributed by atoms with E-state index in [1.165, 1.54) is 10.7 Å². The maximum atomic E-state index is 11.0. The smallest absolute Gasteiger partial charge is 0.306 e. The summed E-state index contributed by atoms with van der Waals surface area (Å²) < 4.78 is 1.43. The van der Waals surface area contributed by atoms with Crippen molar-refractivity contribution in [2.75, 3.05) is 0 Å². The number of aliphatic hydroxyl groups is 1. The lowest BCUT2D eigenvalue weighted by Gasteiger charge is -1.98. The number of hydrogen-bond acceptors (Lipinski definition) is 6. The van der Waals surface area contributed by atoms with E-state index in [1.54, 1.807) is 20.8 Å². The molecule has 0 saturated carbocycles. The van der Waals surface area contributed by atoms with E-state index in [2.05, 4.69) is 10.1 Å². The number of nitro groups is 1. The van der Waals surface area contributed by atoms with Crippen molar-refractivity contribution in [3.8, 4) is 5.00 Å². The van der Waals surface area contributed by atoms with Crippen LogP contribution >= 0.6 is 11.3 Å². The van der Waals surface area contributed by atoms with Gasteiger partial charge in [0.05, 0.1) is 11.0 Å². The summed E-state index contributed by atoms with van der Waals surface area (Å²) in [6.07, 6.45) is -0.743. The molecule has 8 heteroatoms. The van der Waals surface area contributed by atoms with E-state index in [1.807, 2.05) is 0 Å². The van der Waals surface area contributed by atoms with E-state index in [0.29, 0.717) is 21.5 Å². The second kappa shape index (κ2) is 4.46. The first-order valence-electron chi connectivity index (χ1n) is 5.27. The first-order valence-corrected chi connectivity index (χ1v) is 6.08. The molecular formula is C10H12N4O3S. The lowest BCUT2D eigenvalue weighted by Crippen LogP contribution is -2.00. The molecule has 0 aliphatic carbocycles. The van der Waals surface area contributed by atoms with Crippen LogP contribution in [0.3, 0.4) is 0 Å². The Morgan fingerprint density at radius 1 is 1.56 bits per heavy atom. The summed E-state index contributed by atoms with van der Waals surface area (Å²) in [5.74, 6) is 1.13. The van der Waals surface area contributed by atoms with E-state index >= 15 is 0 Å². The summed E-state index contributed by atoms with van der Waals surface area (Å²) in [6, 6.07) is 1.38. The topological polar surface area (TPSA) is 94.1 Å². The van der Waals surface area contributed by atoms with Crippen LogP contribution in [-0.4, -0.2) is 24.8 Å². The molecule has 0 saturated heterocycles. The Morgan fingerprint density at radius 2 is 2.22 bits per heavy atom. The molecule has 0 spiro atoms. The number of hydrogen-bond donors (Lipinski definition) is 1. The van der Waals surface area contributed by atoms with Gasteiger partial charge in [-0.15, -0.1) is 11.3 Å². The van der Waals surface area contributed by atoms with Crippen molar-refractivity contribution in [2.24, 2.45) is 0 Å². The summed E-state index contributed by atoms with van der Waals surface area (Å²) >= 11 is 1.15. The number of thiophene rings is 1. The van der Waals surface area contributed by atoms with Crippen molar-refractivity contribution in [2.45, 2.75) is 26.9 Å². The zero-order chi connectivity index (χ0) is 13.4. The number of aryl methyl sites for hydroxylation is 2. The van der Waals surface area contributed by atoms with Crippen LogP contribution in [0.1, 0.15) is 29.6 Å². The van der Waals surface area contributed by atoms with Crippen molar-refractivity contribution in [3.05, 3.63) is 32.7 Å². The lowest BCUT2D eigenvalue weighted by atomic mass is 10.3. The molecule has 0 aromatic carbocycles. The van der Waals surface area contributed by atoms with Gasteiger partial charge in [0, 0.05) is 10.9 Å². The molecule has 7 nitrogen and oxygen atoms in total. The van der Waals surface area contributed by atoms with Gasteiger partial charge in [-0.2, -0.15) is 5.10 Å². The Balaban J connectivity index is 2.62. The van der Waals surface area contributed by atoms with Crippen molar-refractivity contribution in [1.29, 1.82) is 0 Å². The highest BCUT2D eigenvalue weighted by Crippen LogP contribution is 2.35. The van der Waals surface area contributed by atoms with Crippen LogP contribution < -0.4 is 0 Å². The van der Waals surface area contributed by atoms with Crippen LogP contribution in [0.4, 0.5) is 5.69 Å². The van der Waals surface area contributed by atoms with E-state index in [9.17, 15) is 15.2 Å².